The molecule has 0 bridgehead atoms. The average Bonchev–Trinajstić information content (AvgIpc) is 2.76. The Labute approximate surface area is 103 Å². The molecule has 0 aliphatic carbocycles. The largest absolute Gasteiger partial charge is 0.361 e. The predicted molar refractivity (Wildman–Crippen MR) is 69.3 cm³/mol. The van der Waals surface area contributed by atoms with Gasteiger partial charge < -0.3 is 5.32 Å². The Kier molecular flexibility index (Phi) is 3.53. The number of aromatic amines is 1. The van der Waals surface area contributed by atoms with Crippen LogP contribution < -0.4 is 10.9 Å². The molecule has 6 heteroatoms. The Morgan fingerprint density at radius 2 is 2.24 bits per heavy atom. The fourth-order valence-electron chi connectivity index (χ4n) is 1.25. The smallest absolute Gasteiger partial charge is 0.264 e. The average molecular weight is 250 g/mol. The lowest BCUT2D eigenvalue weighted by atomic mass is 10.2. The van der Waals surface area contributed by atoms with Gasteiger partial charge in [-0.15, -0.1) is 11.3 Å². The minimum Gasteiger partial charge on any atom is -0.361 e. The van der Waals surface area contributed by atoms with Crippen molar-refractivity contribution in [1.82, 2.24) is 15.2 Å². The van der Waals surface area contributed by atoms with E-state index in [1.807, 2.05) is 5.38 Å². The van der Waals surface area contributed by atoms with Crippen LogP contribution in [-0.4, -0.2) is 21.7 Å². The molecule has 0 aromatic carbocycles. The van der Waals surface area contributed by atoms with Crippen molar-refractivity contribution in [3.05, 3.63) is 27.9 Å². The molecular formula is C11H14N4OS. The van der Waals surface area contributed by atoms with Crippen LogP contribution in [0.15, 0.2) is 22.3 Å². The van der Waals surface area contributed by atoms with Gasteiger partial charge in [0.25, 0.3) is 5.56 Å². The highest BCUT2D eigenvalue weighted by Gasteiger charge is 2.05. The zero-order valence-corrected chi connectivity index (χ0v) is 10.5. The molecule has 0 fully saturated rings. The van der Waals surface area contributed by atoms with Crippen molar-refractivity contribution in [2.45, 2.75) is 13.8 Å². The maximum absolute atomic E-state index is 10.9. The summed E-state index contributed by atoms with van der Waals surface area (Å²) in [6.45, 7) is 5.18. The molecule has 0 spiro atoms. The molecule has 0 atom stereocenters. The molecule has 2 rings (SSSR count). The molecule has 0 aliphatic rings. The maximum atomic E-state index is 10.9. The lowest BCUT2D eigenvalue weighted by molar-refractivity contribution is 0.688. The van der Waals surface area contributed by atoms with Crippen LogP contribution in [0.25, 0.3) is 11.4 Å². The SMILES string of the molecule is CC(C)CNc1nc(-c2ccc(=O)[nH]n2)cs1. The lowest BCUT2D eigenvalue weighted by Gasteiger charge is -2.04. The third-order valence-corrected chi connectivity index (χ3v) is 2.91. The van der Waals surface area contributed by atoms with E-state index in [1.54, 1.807) is 6.07 Å². The summed E-state index contributed by atoms with van der Waals surface area (Å²) in [5, 5.41) is 12.4. The Hall–Kier alpha value is -1.69. The van der Waals surface area contributed by atoms with E-state index in [1.165, 1.54) is 17.4 Å². The van der Waals surface area contributed by atoms with Crippen molar-refractivity contribution in [1.29, 1.82) is 0 Å². The minimum atomic E-state index is -0.206. The summed E-state index contributed by atoms with van der Waals surface area (Å²) >= 11 is 1.54. The van der Waals surface area contributed by atoms with Crippen LogP contribution in [0.1, 0.15) is 13.8 Å². The van der Waals surface area contributed by atoms with Gasteiger partial charge in [-0.3, -0.25) is 4.79 Å². The number of hydrogen-bond donors (Lipinski definition) is 2. The first-order chi connectivity index (χ1) is 8.15. The van der Waals surface area contributed by atoms with Crippen molar-refractivity contribution in [3.8, 4) is 11.4 Å². The Balaban J connectivity index is 2.12. The molecule has 2 aromatic rings. The summed E-state index contributed by atoms with van der Waals surface area (Å²) in [6, 6.07) is 3.11. The zero-order chi connectivity index (χ0) is 12.3. The van der Waals surface area contributed by atoms with Crippen molar-refractivity contribution in [3.63, 3.8) is 0 Å². The van der Waals surface area contributed by atoms with E-state index in [0.29, 0.717) is 11.6 Å². The van der Waals surface area contributed by atoms with E-state index in [-0.39, 0.29) is 5.56 Å². The molecular weight excluding hydrogens is 236 g/mol. The van der Waals surface area contributed by atoms with Crippen LogP contribution in [0.2, 0.25) is 0 Å². The number of nitrogens with one attached hydrogen (secondary N) is 2. The number of anilines is 1. The molecule has 2 N–H and O–H groups in total. The second kappa shape index (κ2) is 5.09. The van der Waals surface area contributed by atoms with E-state index in [4.69, 9.17) is 0 Å². The normalized spacial score (nSPS) is 10.8. The minimum absolute atomic E-state index is 0.206. The van der Waals surface area contributed by atoms with Crippen LogP contribution in [-0.2, 0) is 0 Å². The Morgan fingerprint density at radius 3 is 2.88 bits per heavy atom. The predicted octanol–water partition coefficient (Wildman–Crippen LogP) is 1.96. The number of aromatic nitrogens is 3. The van der Waals surface area contributed by atoms with Gasteiger partial charge in [0.1, 0.15) is 11.4 Å². The van der Waals surface area contributed by atoms with Crippen LogP contribution in [0, 0.1) is 5.92 Å². The second-order valence-corrected chi connectivity index (χ2v) is 4.98. The highest BCUT2D eigenvalue weighted by Crippen LogP contribution is 2.22. The number of H-pyrrole nitrogens is 1. The molecule has 90 valence electrons. The highest BCUT2D eigenvalue weighted by molar-refractivity contribution is 7.14. The number of hydrogen-bond acceptors (Lipinski definition) is 5. The van der Waals surface area contributed by atoms with Gasteiger partial charge in [0.15, 0.2) is 5.13 Å². The number of rotatable bonds is 4. The van der Waals surface area contributed by atoms with Crippen LogP contribution in [0.3, 0.4) is 0 Å². The monoisotopic (exact) mass is 250 g/mol. The van der Waals surface area contributed by atoms with Crippen molar-refractivity contribution < 1.29 is 0 Å². The molecule has 5 nitrogen and oxygen atoms in total. The molecule has 0 aliphatic heterocycles. The Morgan fingerprint density at radius 1 is 1.41 bits per heavy atom. The summed E-state index contributed by atoms with van der Waals surface area (Å²) in [6.07, 6.45) is 0. The fourth-order valence-corrected chi connectivity index (χ4v) is 1.97. The lowest BCUT2D eigenvalue weighted by Crippen LogP contribution is -2.07. The summed E-state index contributed by atoms with van der Waals surface area (Å²) in [5.41, 5.74) is 1.25. The van der Waals surface area contributed by atoms with E-state index in [0.717, 1.165) is 17.4 Å². The molecule has 2 aromatic heterocycles. The molecule has 2 heterocycles. The third kappa shape index (κ3) is 3.13. The maximum Gasteiger partial charge on any atom is 0.264 e. The van der Waals surface area contributed by atoms with Gasteiger partial charge in [-0.05, 0) is 12.0 Å². The van der Waals surface area contributed by atoms with E-state index in [9.17, 15) is 4.79 Å². The van der Waals surface area contributed by atoms with E-state index >= 15 is 0 Å². The van der Waals surface area contributed by atoms with Gasteiger partial charge >= 0.3 is 0 Å². The van der Waals surface area contributed by atoms with Crippen molar-refractivity contribution in [2.24, 2.45) is 5.92 Å². The first-order valence-corrected chi connectivity index (χ1v) is 6.28. The van der Waals surface area contributed by atoms with Crippen molar-refractivity contribution >= 4 is 16.5 Å². The summed E-state index contributed by atoms with van der Waals surface area (Å²) < 4.78 is 0. The van der Waals surface area contributed by atoms with Gasteiger partial charge in [-0.1, -0.05) is 13.8 Å². The molecule has 0 unspecified atom stereocenters. The van der Waals surface area contributed by atoms with Crippen LogP contribution in [0.4, 0.5) is 5.13 Å². The van der Waals surface area contributed by atoms with E-state index < -0.39 is 0 Å². The number of thiazole rings is 1. The third-order valence-electron chi connectivity index (χ3n) is 2.11. The second-order valence-electron chi connectivity index (χ2n) is 4.12. The van der Waals surface area contributed by atoms with Gasteiger partial charge in [-0.25, -0.2) is 10.1 Å². The van der Waals surface area contributed by atoms with E-state index in [2.05, 4.69) is 34.3 Å². The number of nitrogens with zero attached hydrogens (tertiary/aromatic N) is 2. The van der Waals surface area contributed by atoms with Crippen molar-refractivity contribution in [2.75, 3.05) is 11.9 Å². The summed E-state index contributed by atoms with van der Waals surface area (Å²) in [5.74, 6) is 0.577. The first-order valence-electron chi connectivity index (χ1n) is 5.40. The van der Waals surface area contributed by atoms with Crippen LogP contribution in [0.5, 0.6) is 0 Å². The molecule has 0 saturated carbocycles. The zero-order valence-electron chi connectivity index (χ0n) is 9.73. The molecule has 0 saturated heterocycles. The summed E-state index contributed by atoms with van der Waals surface area (Å²) in [4.78, 5) is 15.3. The summed E-state index contributed by atoms with van der Waals surface area (Å²) in [7, 11) is 0. The highest BCUT2D eigenvalue weighted by atomic mass is 32.1. The van der Waals surface area contributed by atoms with Gasteiger partial charge in [0.05, 0.1) is 0 Å². The standard InChI is InChI=1S/C11H14N4OS/c1-7(2)5-12-11-13-9(6-17-11)8-3-4-10(16)15-14-8/h3-4,6-7H,5H2,1-2H3,(H,12,13)(H,15,16). The molecule has 17 heavy (non-hydrogen) atoms. The topological polar surface area (TPSA) is 70.7 Å². The van der Waals surface area contributed by atoms with Gasteiger partial charge in [-0.2, -0.15) is 5.10 Å². The quantitative estimate of drug-likeness (QED) is 0.870. The first kappa shape index (κ1) is 11.8. The van der Waals surface area contributed by atoms with Gasteiger partial charge in [0, 0.05) is 18.0 Å². The fraction of sp³-hybridized carbons (Fsp3) is 0.364. The Bertz CT molecular complexity index is 526. The van der Waals surface area contributed by atoms with Crippen LogP contribution >= 0.6 is 11.3 Å². The van der Waals surface area contributed by atoms with Gasteiger partial charge in [0.2, 0.25) is 0 Å². The molecule has 0 radical (unpaired) electrons. The molecule has 0 amide bonds.